The Kier molecular flexibility index (Phi) is 14.0. The topological polar surface area (TPSA) is 181 Å². The van der Waals surface area contributed by atoms with Gasteiger partial charge in [0.05, 0.1) is 0 Å². The van der Waals surface area contributed by atoms with Crippen molar-refractivity contribution in [2.24, 2.45) is 5.73 Å². The van der Waals surface area contributed by atoms with Crippen molar-refractivity contribution in [3.05, 3.63) is 0 Å². The number of amides is 4. The minimum absolute atomic E-state index is 0.0758. The van der Waals surface area contributed by atoms with Crippen molar-refractivity contribution in [2.45, 2.75) is 96.9 Å². The van der Waals surface area contributed by atoms with Crippen molar-refractivity contribution in [3.8, 4) is 0 Å². The van der Waals surface area contributed by atoms with Crippen molar-refractivity contribution in [2.75, 3.05) is 19.6 Å². The normalized spacial score (nSPS) is 13.3. The van der Waals surface area contributed by atoms with Gasteiger partial charge in [-0.3, -0.25) is 4.79 Å². The molecule has 0 unspecified atom stereocenters. The molecule has 0 rings (SSSR count). The van der Waals surface area contributed by atoms with Crippen molar-refractivity contribution in [1.29, 1.82) is 0 Å². The van der Waals surface area contributed by atoms with E-state index < -0.39 is 41.6 Å². The molecule has 0 heterocycles. The minimum atomic E-state index is -1.10. The van der Waals surface area contributed by atoms with E-state index in [-0.39, 0.29) is 25.4 Å². The highest BCUT2D eigenvalue weighted by molar-refractivity contribution is 5.76. The summed E-state index contributed by atoms with van der Waals surface area (Å²) in [7, 11) is 0. The van der Waals surface area contributed by atoms with Gasteiger partial charge in [-0.05, 0) is 67.2 Å². The molecule has 198 valence electrons. The third-order valence-corrected chi connectivity index (χ3v) is 4.14. The summed E-state index contributed by atoms with van der Waals surface area (Å²) in [6.45, 7) is 11.3. The lowest BCUT2D eigenvalue weighted by molar-refractivity contribution is -0.121. The van der Waals surface area contributed by atoms with Crippen LogP contribution in [0.4, 0.5) is 14.4 Å². The maximum atomic E-state index is 12.2. The molecular weight excluding hydrogens is 446 g/mol. The molecule has 0 bridgehead atoms. The fourth-order valence-electron chi connectivity index (χ4n) is 2.76. The second kappa shape index (κ2) is 15.2. The van der Waals surface area contributed by atoms with Crippen molar-refractivity contribution in [1.82, 2.24) is 21.3 Å². The van der Waals surface area contributed by atoms with Gasteiger partial charge in [0.25, 0.3) is 0 Å². The molecule has 2 atom stereocenters. The van der Waals surface area contributed by atoms with E-state index in [1.807, 2.05) is 0 Å². The van der Waals surface area contributed by atoms with Crippen LogP contribution in [-0.2, 0) is 14.3 Å². The lowest BCUT2D eigenvalue weighted by Crippen LogP contribution is -2.46. The predicted molar refractivity (Wildman–Crippen MR) is 127 cm³/mol. The number of hydrogen-bond acceptors (Lipinski definition) is 7. The highest BCUT2D eigenvalue weighted by Gasteiger charge is 2.21. The second-order valence-electron chi connectivity index (χ2n) is 10.1. The van der Waals surface area contributed by atoms with Gasteiger partial charge in [0, 0.05) is 38.1 Å². The highest BCUT2D eigenvalue weighted by Crippen LogP contribution is 2.08. The third-order valence-electron chi connectivity index (χ3n) is 4.14. The molecule has 0 spiro atoms. The Morgan fingerprint density at radius 3 is 1.91 bits per heavy atom. The quantitative estimate of drug-likeness (QED) is 0.213. The predicted octanol–water partition coefficient (Wildman–Crippen LogP) is 2.07. The third kappa shape index (κ3) is 19.9. The summed E-state index contributed by atoms with van der Waals surface area (Å²) in [6, 6.07) is -0.832. The smallest absolute Gasteiger partial charge is 0.407 e. The molecule has 34 heavy (non-hydrogen) atoms. The van der Waals surface area contributed by atoms with Crippen LogP contribution in [0.15, 0.2) is 0 Å². The second-order valence-corrected chi connectivity index (χ2v) is 10.1. The molecule has 0 aliphatic carbocycles. The van der Waals surface area contributed by atoms with Gasteiger partial charge in [-0.2, -0.15) is 0 Å². The van der Waals surface area contributed by atoms with Crippen molar-refractivity contribution < 1.29 is 33.8 Å². The average molecular weight is 490 g/mol. The van der Waals surface area contributed by atoms with Gasteiger partial charge < -0.3 is 41.6 Å². The van der Waals surface area contributed by atoms with E-state index >= 15 is 0 Å². The Hall–Kier alpha value is -2.76. The van der Waals surface area contributed by atoms with Crippen LogP contribution in [0.2, 0.25) is 0 Å². The Labute approximate surface area is 202 Å². The number of nitrogens with one attached hydrogen (secondary N) is 4. The van der Waals surface area contributed by atoms with E-state index in [9.17, 15) is 19.2 Å². The molecule has 0 aromatic carbocycles. The molecule has 0 fully saturated rings. The number of rotatable bonds is 13. The summed E-state index contributed by atoms with van der Waals surface area (Å²) >= 11 is 0. The number of carboxylic acid groups (broad SMARTS) is 1. The van der Waals surface area contributed by atoms with Gasteiger partial charge in [0.15, 0.2) is 0 Å². The van der Waals surface area contributed by atoms with Gasteiger partial charge in [-0.15, -0.1) is 0 Å². The number of alkyl carbamates (subject to hydrolysis) is 2. The van der Waals surface area contributed by atoms with Gasteiger partial charge in [0.1, 0.15) is 11.2 Å². The first-order chi connectivity index (χ1) is 15.6. The zero-order chi connectivity index (χ0) is 26.4. The first-order valence-electron chi connectivity index (χ1n) is 11.5. The summed E-state index contributed by atoms with van der Waals surface area (Å²) in [4.78, 5) is 46.6. The van der Waals surface area contributed by atoms with Crippen LogP contribution < -0.4 is 27.0 Å². The lowest BCUT2D eigenvalue weighted by Gasteiger charge is -2.24. The van der Waals surface area contributed by atoms with Crippen LogP contribution in [0.25, 0.3) is 0 Å². The van der Waals surface area contributed by atoms with E-state index in [2.05, 4.69) is 21.3 Å². The summed E-state index contributed by atoms with van der Waals surface area (Å²) in [5.41, 5.74) is 4.68. The van der Waals surface area contributed by atoms with Crippen molar-refractivity contribution in [3.63, 3.8) is 0 Å². The van der Waals surface area contributed by atoms with Gasteiger partial charge in [-0.1, -0.05) is 0 Å². The van der Waals surface area contributed by atoms with E-state index in [1.54, 1.807) is 41.5 Å². The molecule has 0 saturated heterocycles. The number of carbonyl (C=O) groups is 4. The first kappa shape index (κ1) is 31.2. The maximum Gasteiger partial charge on any atom is 0.407 e. The SMILES string of the molecule is CC(C)(C)OC(=O)NCCC[C@H](CNC(=O)C[C@@H](N)CCCNC(=O)O)NC(=O)OC(C)(C)C. The molecule has 12 nitrogen and oxygen atoms in total. The molecule has 4 amide bonds. The molecule has 0 aliphatic rings. The summed E-state index contributed by atoms with van der Waals surface area (Å²) in [6.07, 6.45) is -0.131. The van der Waals surface area contributed by atoms with E-state index in [4.69, 9.17) is 20.3 Å². The van der Waals surface area contributed by atoms with Gasteiger partial charge >= 0.3 is 18.3 Å². The summed E-state index contributed by atoms with van der Waals surface area (Å²) in [5.74, 6) is -0.276. The molecule has 12 heteroatoms. The van der Waals surface area contributed by atoms with Crippen LogP contribution in [0.1, 0.15) is 73.6 Å². The molecule has 0 aromatic heterocycles. The number of carbonyl (C=O) groups excluding carboxylic acids is 3. The Morgan fingerprint density at radius 1 is 0.824 bits per heavy atom. The molecular formula is C22H43N5O7. The summed E-state index contributed by atoms with van der Waals surface area (Å²) < 4.78 is 10.5. The molecule has 0 aromatic rings. The van der Waals surface area contributed by atoms with E-state index in [1.165, 1.54) is 0 Å². The van der Waals surface area contributed by atoms with Crippen LogP contribution >= 0.6 is 0 Å². The number of ether oxygens (including phenoxy) is 2. The Balaban J connectivity index is 4.58. The Morgan fingerprint density at radius 2 is 1.35 bits per heavy atom. The summed E-state index contributed by atoms with van der Waals surface area (Å²) in [5, 5.41) is 19.0. The first-order valence-corrected chi connectivity index (χ1v) is 11.5. The number of hydrogen-bond donors (Lipinski definition) is 6. The van der Waals surface area contributed by atoms with E-state index in [0.717, 1.165) is 0 Å². The fraction of sp³-hybridized carbons (Fsp3) is 0.818. The molecule has 0 aliphatic heterocycles. The molecule has 0 saturated carbocycles. The molecule has 0 radical (unpaired) electrons. The largest absolute Gasteiger partial charge is 0.465 e. The number of nitrogens with two attached hydrogens (primary N) is 1. The minimum Gasteiger partial charge on any atom is -0.465 e. The maximum absolute atomic E-state index is 12.2. The standard InChI is InChI=1S/C22H43N5O7/c1-21(2,3)33-19(31)25-12-8-10-16(27-20(32)34-22(4,5)6)14-26-17(28)13-15(23)9-7-11-24-18(29)30/h15-16,24H,7-14,23H2,1-6H3,(H,25,31)(H,26,28)(H,27,32)(H,29,30)/t15-,16+/m0/s1. The molecule has 7 N–H and O–H groups in total. The zero-order valence-electron chi connectivity index (χ0n) is 21.3. The lowest BCUT2D eigenvalue weighted by atomic mass is 10.1. The van der Waals surface area contributed by atoms with Crippen LogP contribution in [-0.4, -0.2) is 72.2 Å². The van der Waals surface area contributed by atoms with Crippen molar-refractivity contribution >= 4 is 24.2 Å². The zero-order valence-corrected chi connectivity index (χ0v) is 21.3. The monoisotopic (exact) mass is 489 g/mol. The van der Waals surface area contributed by atoms with Crippen LogP contribution in [0.5, 0.6) is 0 Å². The van der Waals surface area contributed by atoms with Gasteiger partial charge in [-0.25, -0.2) is 14.4 Å². The van der Waals surface area contributed by atoms with E-state index in [0.29, 0.717) is 32.2 Å². The van der Waals surface area contributed by atoms with Crippen LogP contribution in [0, 0.1) is 0 Å². The average Bonchev–Trinajstić information content (AvgIpc) is 2.63. The fourth-order valence-corrected chi connectivity index (χ4v) is 2.76. The van der Waals surface area contributed by atoms with Crippen LogP contribution in [0.3, 0.4) is 0 Å². The highest BCUT2D eigenvalue weighted by atomic mass is 16.6. The Bertz CT molecular complexity index is 659. The van der Waals surface area contributed by atoms with Gasteiger partial charge in [0.2, 0.25) is 5.91 Å².